The van der Waals surface area contributed by atoms with E-state index in [1.807, 2.05) is 0 Å². The van der Waals surface area contributed by atoms with Gasteiger partial charge in [-0.05, 0) is 31.5 Å². The summed E-state index contributed by atoms with van der Waals surface area (Å²) in [5.41, 5.74) is 0.0130. The van der Waals surface area contributed by atoms with E-state index in [1.165, 1.54) is 31.4 Å². The van der Waals surface area contributed by atoms with Gasteiger partial charge in [-0.25, -0.2) is 0 Å². The fraction of sp³-hybridized carbons (Fsp3) is 0.500. The van der Waals surface area contributed by atoms with Gasteiger partial charge in [-0.3, -0.25) is 4.79 Å². The largest absolute Gasteiger partial charge is 0.497 e. The molecule has 20 heavy (non-hydrogen) atoms. The smallest absolute Gasteiger partial charge is 0.396 e. The van der Waals surface area contributed by atoms with E-state index in [2.05, 4.69) is 0 Å². The molecule has 0 radical (unpaired) electrons. The molecule has 0 aliphatic rings. The number of alkyl halides is 3. The SMILES string of the molecule is COc1ccc([C@H](CC(=O)OC(C)C)C(F)(F)F)cc1. The van der Waals surface area contributed by atoms with Crippen molar-refractivity contribution in [3.05, 3.63) is 29.8 Å². The van der Waals surface area contributed by atoms with Gasteiger partial charge in [-0.1, -0.05) is 12.1 Å². The van der Waals surface area contributed by atoms with Crippen LogP contribution in [0, 0.1) is 0 Å². The first-order chi connectivity index (χ1) is 9.24. The molecule has 0 spiro atoms. The van der Waals surface area contributed by atoms with Crippen molar-refractivity contribution in [2.75, 3.05) is 7.11 Å². The zero-order chi connectivity index (χ0) is 15.3. The van der Waals surface area contributed by atoms with Gasteiger partial charge >= 0.3 is 12.1 Å². The first-order valence-electron chi connectivity index (χ1n) is 6.14. The van der Waals surface area contributed by atoms with Crippen molar-refractivity contribution >= 4 is 5.97 Å². The predicted molar refractivity (Wildman–Crippen MR) is 67.6 cm³/mol. The van der Waals surface area contributed by atoms with Crippen LogP contribution in [0.5, 0.6) is 5.75 Å². The Labute approximate surface area is 115 Å². The standard InChI is InChI=1S/C14H17F3O3/c1-9(2)20-13(18)8-12(14(15,16)17)10-4-6-11(19-3)7-5-10/h4-7,9,12H,8H2,1-3H3/t12-/m0/s1. The molecule has 0 aliphatic heterocycles. The van der Waals surface area contributed by atoms with Crippen molar-refractivity contribution in [2.45, 2.75) is 38.5 Å². The lowest BCUT2D eigenvalue weighted by atomic mass is 9.95. The summed E-state index contributed by atoms with van der Waals surface area (Å²) in [5, 5.41) is 0. The highest BCUT2D eigenvalue weighted by Crippen LogP contribution is 2.38. The number of hydrogen-bond acceptors (Lipinski definition) is 3. The molecule has 1 rings (SSSR count). The second kappa shape index (κ2) is 6.63. The maximum atomic E-state index is 13.0. The Hall–Kier alpha value is -1.72. The van der Waals surface area contributed by atoms with Gasteiger partial charge in [0.15, 0.2) is 0 Å². The first kappa shape index (κ1) is 16.3. The minimum absolute atomic E-state index is 0.0130. The molecule has 112 valence electrons. The van der Waals surface area contributed by atoms with E-state index < -0.39 is 30.6 Å². The van der Waals surface area contributed by atoms with Crippen molar-refractivity contribution in [3.8, 4) is 5.75 Å². The molecular formula is C14H17F3O3. The van der Waals surface area contributed by atoms with E-state index in [-0.39, 0.29) is 5.56 Å². The number of methoxy groups -OCH3 is 1. The second-order valence-corrected chi connectivity index (χ2v) is 4.61. The van der Waals surface area contributed by atoms with Crippen molar-refractivity contribution in [1.82, 2.24) is 0 Å². The number of esters is 1. The summed E-state index contributed by atoms with van der Waals surface area (Å²) in [4.78, 5) is 11.5. The topological polar surface area (TPSA) is 35.5 Å². The number of hydrogen-bond donors (Lipinski definition) is 0. The average Bonchev–Trinajstić information content (AvgIpc) is 2.34. The monoisotopic (exact) mass is 290 g/mol. The van der Waals surface area contributed by atoms with Crippen LogP contribution in [-0.4, -0.2) is 25.4 Å². The third-order valence-corrected chi connectivity index (χ3v) is 2.65. The molecule has 0 saturated carbocycles. The zero-order valence-corrected chi connectivity index (χ0v) is 11.5. The summed E-state index contributed by atoms with van der Waals surface area (Å²) in [6.45, 7) is 3.18. The molecule has 3 nitrogen and oxygen atoms in total. The molecule has 0 amide bonds. The normalized spacial score (nSPS) is 13.2. The molecule has 0 fully saturated rings. The number of carbonyl (C=O) groups is 1. The van der Waals surface area contributed by atoms with Crippen molar-refractivity contribution in [1.29, 1.82) is 0 Å². The van der Waals surface area contributed by atoms with Crippen LogP contribution in [0.4, 0.5) is 13.2 Å². The van der Waals surface area contributed by atoms with Crippen LogP contribution in [0.3, 0.4) is 0 Å². The quantitative estimate of drug-likeness (QED) is 0.776. The molecule has 0 bridgehead atoms. The Morgan fingerprint density at radius 3 is 2.15 bits per heavy atom. The highest BCUT2D eigenvalue weighted by Gasteiger charge is 2.42. The van der Waals surface area contributed by atoms with E-state index >= 15 is 0 Å². The van der Waals surface area contributed by atoms with E-state index in [4.69, 9.17) is 9.47 Å². The van der Waals surface area contributed by atoms with Gasteiger partial charge in [0, 0.05) is 0 Å². The highest BCUT2D eigenvalue weighted by molar-refractivity contribution is 5.71. The zero-order valence-electron chi connectivity index (χ0n) is 11.5. The molecule has 6 heteroatoms. The Balaban J connectivity index is 2.91. The Morgan fingerprint density at radius 2 is 1.75 bits per heavy atom. The molecule has 0 unspecified atom stereocenters. The number of rotatable bonds is 5. The van der Waals surface area contributed by atoms with Gasteiger partial charge < -0.3 is 9.47 Å². The van der Waals surface area contributed by atoms with Crippen molar-refractivity contribution in [2.24, 2.45) is 0 Å². The summed E-state index contributed by atoms with van der Waals surface area (Å²) in [6, 6.07) is 5.48. The van der Waals surface area contributed by atoms with E-state index in [0.29, 0.717) is 5.75 Å². The molecule has 0 aliphatic carbocycles. The van der Waals surface area contributed by atoms with E-state index in [0.717, 1.165) is 0 Å². The van der Waals surface area contributed by atoms with Gasteiger partial charge in [0.05, 0.1) is 25.6 Å². The molecule has 1 atom stereocenters. The van der Waals surface area contributed by atoms with Gasteiger partial charge in [0.1, 0.15) is 5.75 Å². The van der Waals surface area contributed by atoms with Gasteiger partial charge in [0.25, 0.3) is 0 Å². The minimum atomic E-state index is -4.51. The molecular weight excluding hydrogens is 273 g/mol. The van der Waals surface area contributed by atoms with Crippen LogP contribution in [0.25, 0.3) is 0 Å². The second-order valence-electron chi connectivity index (χ2n) is 4.61. The molecule has 0 N–H and O–H groups in total. The van der Waals surface area contributed by atoms with Crippen LogP contribution in [-0.2, 0) is 9.53 Å². The molecule has 1 aromatic carbocycles. The van der Waals surface area contributed by atoms with Crippen LogP contribution in [0.15, 0.2) is 24.3 Å². The average molecular weight is 290 g/mol. The lowest BCUT2D eigenvalue weighted by molar-refractivity contribution is -0.168. The maximum absolute atomic E-state index is 13.0. The predicted octanol–water partition coefficient (Wildman–Crippen LogP) is 3.68. The Bertz CT molecular complexity index is 438. The lowest BCUT2D eigenvalue weighted by Gasteiger charge is -2.20. The van der Waals surface area contributed by atoms with Gasteiger partial charge in [-0.2, -0.15) is 13.2 Å². The molecule has 0 heterocycles. The lowest BCUT2D eigenvalue weighted by Crippen LogP contribution is -2.25. The van der Waals surface area contributed by atoms with E-state index in [9.17, 15) is 18.0 Å². The third-order valence-electron chi connectivity index (χ3n) is 2.65. The molecule has 1 aromatic rings. The van der Waals surface area contributed by atoms with Crippen molar-refractivity contribution in [3.63, 3.8) is 0 Å². The van der Waals surface area contributed by atoms with E-state index in [1.54, 1.807) is 13.8 Å². The Morgan fingerprint density at radius 1 is 1.20 bits per heavy atom. The third kappa shape index (κ3) is 4.75. The maximum Gasteiger partial charge on any atom is 0.396 e. The number of ether oxygens (including phenoxy) is 2. The summed E-state index contributed by atoms with van der Waals surface area (Å²) in [5.74, 6) is -2.28. The fourth-order valence-corrected chi connectivity index (χ4v) is 1.74. The van der Waals surface area contributed by atoms with Crippen LogP contribution in [0.2, 0.25) is 0 Å². The molecule has 0 saturated heterocycles. The fourth-order valence-electron chi connectivity index (χ4n) is 1.74. The Kier molecular flexibility index (Phi) is 5.42. The first-order valence-corrected chi connectivity index (χ1v) is 6.14. The summed E-state index contributed by atoms with van der Waals surface area (Å²) >= 11 is 0. The summed E-state index contributed by atoms with van der Waals surface area (Å²) in [7, 11) is 1.43. The number of halogens is 3. The number of benzene rings is 1. The number of carbonyl (C=O) groups excluding carboxylic acids is 1. The van der Waals surface area contributed by atoms with Gasteiger partial charge in [0.2, 0.25) is 0 Å². The van der Waals surface area contributed by atoms with Crippen LogP contribution >= 0.6 is 0 Å². The summed E-state index contributed by atoms with van der Waals surface area (Å²) in [6.07, 6.45) is -5.68. The van der Waals surface area contributed by atoms with Crippen LogP contribution in [0.1, 0.15) is 31.7 Å². The van der Waals surface area contributed by atoms with Crippen LogP contribution < -0.4 is 4.74 Å². The van der Waals surface area contributed by atoms with Gasteiger partial charge in [-0.15, -0.1) is 0 Å². The minimum Gasteiger partial charge on any atom is -0.497 e. The summed E-state index contributed by atoms with van der Waals surface area (Å²) < 4.78 is 48.8. The molecule has 0 aromatic heterocycles. The van der Waals surface area contributed by atoms with Crippen molar-refractivity contribution < 1.29 is 27.4 Å². The highest BCUT2D eigenvalue weighted by atomic mass is 19.4.